The summed E-state index contributed by atoms with van der Waals surface area (Å²) in [4.78, 5) is 0. The van der Waals surface area contributed by atoms with Crippen LogP contribution in [-0.4, -0.2) is 0 Å². The van der Waals surface area contributed by atoms with Gasteiger partial charge < -0.3 is 5.32 Å². The predicted molar refractivity (Wildman–Crippen MR) is 78.3 cm³/mol. The Morgan fingerprint density at radius 2 is 2.05 bits per heavy atom. The van der Waals surface area contributed by atoms with Gasteiger partial charge >= 0.3 is 0 Å². The molecule has 0 saturated carbocycles. The molecule has 0 saturated heterocycles. The summed E-state index contributed by atoms with van der Waals surface area (Å²) in [6, 6.07) is 10.4. The summed E-state index contributed by atoms with van der Waals surface area (Å²) in [5.41, 5.74) is 2.18. The zero-order valence-corrected chi connectivity index (χ0v) is 12.3. The lowest BCUT2D eigenvalue weighted by molar-refractivity contribution is 0.624. The maximum absolute atomic E-state index is 14.0. The number of anilines is 2. The molecule has 0 amide bonds. The van der Waals surface area contributed by atoms with Gasteiger partial charge in [-0.05, 0) is 52.7 Å². The number of hydrogen-bond donors (Lipinski definition) is 1. The summed E-state index contributed by atoms with van der Waals surface area (Å²) in [6.07, 6.45) is 0. The van der Waals surface area contributed by atoms with Crippen LogP contribution in [0.3, 0.4) is 0 Å². The fourth-order valence-corrected chi connectivity index (χ4v) is 2.17. The number of nitrogens with one attached hydrogen (secondary N) is 1. The molecule has 19 heavy (non-hydrogen) atoms. The second-order valence-corrected chi connectivity index (χ2v) is 5.19. The van der Waals surface area contributed by atoms with E-state index in [-0.39, 0.29) is 15.7 Å². The molecule has 0 aliphatic heterocycles. The lowest BCUT2D eigenvalue weighted by Crippen LogP contribution is -1.96. The minimum absolute atomic E-state index is 0.151. The van der Waals surface area contributed by atoms with Crippen molar-refractivity contribution < 1.29 is 4.39 Å². The number of aryl methyl sites for hydroxylation is 1. The number of halogens is 3. The Labute approximate surface area is 123 Å². The van der Waals surface area contributed by atoms with Gasteiger partial charge in [-0.15, -0.1) is 0 Å². The van der Waals surface area contributed by atoms with Crippen LogP contribution in [-0.2, 0) is 0 Å². The van der Waals surface area contributed by atoms with Crippen molar-refractivity contribution in [2.24, 2.45) is 0 Å². The van der Waals surface area contributed by atoms with Gasteiger partial charge in [-0.3, -0.25) is 0 Å². The minimum Gasteiger partial charge on any atom is -0.353 e. The van der Waals surface area contributed by atoms with E-state index >= 15 is 0 Å². The first-order valence-corrected chi connectivity index (χ1v) is 6.61. The first kappa shape index (κ1) is 13.9. The van der Waals surface area contributed by atoms with Crippen molar-refractivity contribution >= 4 is 38.9 Å². The van der Waals surface area contributed by atoms with E-state index in [1.807, 2.05) is 25.1 Å². The molecule has 0 radical (unpaired) electrons. The monoisotopic (exact) mass is 338 g/mol. The van der Waals surface area contributed by atoms with Gasteiger partial charge in [0.1, 0.15) is 6.07 Å². The van der Waals surface area contributed by atoms with E-state index < -0.39 is 5.82 Å². The molecule has 5 heteroatoms. The molecule has 2 rings (SSSR count). The van der Waals surface area contributed by atoms with Crippen LogP contribution in [0, 0.1) is 24.1 Å². The summed E-state index contributed by atoms with van der Waals surface area (Å²) in [7, 11) is 0. The highest BCUT2D eigenvalue weighted by Gasteiger charge is 2.11. The summed E-state index contributed by atoms with van der Waals surface area (Å²) in [5, 5.41) is 12.3. The third kappa shape index (κ3) is 2.89. The third-order valence-corrected chi connectivity index (χ3v) is 3.84. The molecule has 0 bridgehead atoms. The lowest BCUT2D eigenvalue weighted by atomic mass is 10.2. The number of benzene rings is 2. The standard InChI is InChI=1S/C14H9BrClFN2/c1-8-2-4-10(6-11(8)16)19-12-5-3-9(7-18)13(15)14(12)17/h2-6,19H,1H3. The highest BCUT2D eigenvalue weighted by atomic mass is 79.9. The number of hydrogen-bond acceptors (Lipinski definition) is 2. The first-order chi connectivity index (χ1) is 9.02. The predicted octanol–water partition coefficient (Wildman–Crippen LogP) is 5.17. The van der Waals surface area contributed by atoms with Crippen molar-refractivity contribution in [3.8, 4) is 6.07 Å². The molecule has 0 heterocycles. The van der Waals surface area contributed by atoms with Crippen LogP contribution in [0.15, 0.2) is 34.8 Å². The summed E-state index contributed by atoms with van der Waals surface area (Å²) in [5.74, 6) is -0.504. The third-order valence-electron chi connectivity index (χ3n) is 2.65. The Morgan fingerprint density at radius 3 is 2.68 bits per heavy atom. The molecule has 0 aliphatic carbocycles. The maximum atomic E-state index is 14.0. The highest BCUT2D eigenvalue weighted by Crippen LogP contribution is 2.30. The van der Waals surface area contributed by atoms with E-state index in [0.29, 0.717) is 10.7 Å². The van der Waals surface area contributed by atoms with E-state index in [0.717, 1.165) is 5.56 Å². The molecule has 2 aromatic carbocycles. The number of rotatable bonds is 2. The molecular weight excluding hydrogens is 331 g/mol. The van der Waals surface area contributed by atoms with E-state index in [1.165, 1.54) is 6.07 Å². The van der Waals surface area contributed by atoms with Crippen molar-refractivity contribution in [1.29, 1.82) is 5.26 Å². The fourth-order valence-electron chi connectivity index (χ4n) is 1.56. The van der Waals surface area contributed by atoms with E-state index in [2.05, 4.69) is 21.2 Å². The van der Waals surface area contributed by atoms with Crippen LogP contribution in [0.1, 0.15) is 11.1 Å². The summed E-state index contributed by atoms with van der Waals surface area (Å²) < 4.78 is 14.2. The lowest BCUT2D eigenvalue weighted by Gasteiger charge is -2.10. The average Bonchev–Trinajstić information content (AvgIpc) is 2.40. The molecule has 96 valence electrons. The molecule has 1 N–H and O–H groups in total. The van der Waals surface area contributed by atoms with Gasteiger partial charge in [0.2, 0.25) is 0 Å². The largest absolute Gasteiger partial charge is 0.353 e. The van der Waals surface area contributed by atoms with Crippen molar-refractivity contribution in [2.75, 3.05) is 5.32 Å². The normalized spacial score (nSPS) is 10.1. The Hall–Kier alpha value is -1.57. The van der Waals surface area contributed by atoms with Crippen LogP contribution in [0.2, 0.25) is 5.02 Å². The van der Waals surface area contributed by atoms with Gasteiger partial charge in [-0.2, -0.15) is 5.26 Å². The SMILES string of the molecule is Cc1ccc(Nc2ccc(C#N)c(Br)c2F)cc1Cl. The zero-order chi connectivity index (χ0) is 14.0. The van der Waals surface area contributed by atoms with Gasteiger partial charge in [0, 0.05) is 10.7 Å². The Bertz CT molecular complexity index is 680. The molecule has 0 atom stereocenters. The number of nitrogens with zero attached hydrogens (tertiary/aromatic N) is 1. The van der Waals surface area contributed by atoms with E-state index in [9.17, 15) is 4.39 Å². The number of nitriles is 1. The van der Waals surface area contributed by atoms with E-state index in [1.54, 1.807) is 12.1 Å². The maximum Gasteiger partial charge on any atom is 0.162 e. The topological polar surface area (TPSA) is 35.8 Å². The van der Waals surface area contributed by atoms with Crippen LogP contribution in [0.4, 0.5) is 15.8 Å². The summed E-state index contributed by atoms with van der Waals surface area (Å²) >= 11 is 9.08. The molecule has 0 fully saturated rings. The average molecular weight is 340 g/mol. The molecule has 2 nitrogen and oxygen atoms in total. The molecule has 0 aromatic heterocycles. The Balaban J connectivity index is 2.36. The Kier molecular flexibility index (Phi) is 4.08. The Morgan fingerprint density at radius 1 is 1.32 bits per heavy atom. The molecule has 2 aromatic rings. The zero-order valence-electron chi connectivity index (χ0n) is 9.97. The second kappa shape index (κ2) is 5.60. The van der Waals surface area contributed by atoms with Crippen LogP contribution >= 0.6 is 27.5 Å². The summed E-state index contributed by atoms with van der Waals surface area (Å²) in [6.45, 7) is 1.89. The van der Waals surface area contributed by atoms with Gasteiger partial charge in [-0.1, -0.05) is 17.7 Å². The van der Waals surface area contributed by atoms with Gasteiger partial charge in [-0.25, -0.2) is 4.39 Å². The van der Waals surface area contributed by atoms with Crippen molar-refractivity contribution in [3.05, 3.63) is 56.8 Å². The highest BCUT2D eigenvalue weighted by molar-refractivity contribution is 9.10. The quantitative estimate of drug-likeness (QED) is 0.819. The fraction of sp³-hybridized carbons (Fsp3) is 0.0714. The second-order valence-electron chi connectivity index (χ2n) is 3.99. The van der Waals surface area contributed by atoms with Gasteiger partial charge in [0.05, 0.1) is 15.7 Å². The van der Waals surface area contributed by atoms with Gasteiger partial charge in [0.25, 0.3) is 0 Å². The van der Waals surface area contributed by atoms with Crippen LogP contribution < -0.4 is 5.32 Å². The first-order valence-electron chi connectivity index (χ1n) is 5.44. The van der Waals surface area contributed by atoms with Crippen molar-refractivity contribution in [2.45, 2.75) is 6.92 Å². The van der Waals surface area contributed by atoms with Crippen molar-refractivity contribution in [1.82, 2.24) is 0 Å². The molecule has 0 unspecified atom stereocenters. The van der Waals surface area contributed by atoms with Gasteiger partial charge in [0.15, 0.2) is 5.82 Å². The van der Waals surface area contributed by atoms with Crippen molar-refractivity contribution in [3.63, 3.8) is 0 Å². The molecule has 0 spiro atoms. The minimum atomic E-state index is -0.504. The molecule has 0 aliphatic rings. The molecular formula is C14H9BrClFN2. The van der Waals surface area contributed by atoms with Crippen LogP contribution in [0.5, 0.6) is 0 Å². The van der Waals surface area contributed by atoms with Crippen LogP contribution in [0.25, 0.3) is 0 Å². The smallest absolute Gasteiger partial charge is 0.162 e. The van der Waals surface area contributed by atoms with E-state index in [4.69, 9.17) is 16.9 Å².